The topological polar surface area (TPSA) is 21.3 Å². The van der Waals surface area contributed by atoms with Gasteiger partial charge in [0.05, 0.1) is 0 Å². The van der Waals surface area contributed by atoms with Crippen LogP contribution in [0.25, 0.3) is 0 Å². The van der Waals surface area contributed by atoms with E-state index < -0.39 is 8.32 Å². The Bertz CT molecular complexity index is 192. The van der Waals surface area contributed by atoms with Gasteiger partial charge in [0.2, 0.25) is 0 Å². The van der Waals surface area contributed by atoms with E-state index in [1.54, 1.807) is 0 Å². The molecule has 3 heteroatoms. The average Bonchev–Trinajstić information content (AvgIpc) is 1.99. The average molecular weight is 229 g/mol. The molecule has 0 spiro atoms. The Kier molecular flexibility index (Phi) is 4.38. The monoisotopic (exact) mass is 229 g/mol. The zero-order valence-corrected chi connectivity index (χ0v) is 12.0. The molecule has 0 aromatic rings. The van der Waals surface area contributed by atoms with E-state index in [-0.39, 0.29) is 5.60 Å². The summed E-state index contributed by atoms with van der Waals surface area (Å²) < 4.78 is 6.24. The number of hydrogen-bond donors (Lipinski definition) is 1. The lowest BCUT2D eigenvalue weighted by molar-refractivity contribution is 0.117. The summed E-state index contributed by atoms with van der Waals surface area (Å²) in [5.41, 5.74) is 0.0256. The minimum Gasteiger partial charge on any atom is -0.413 e. The summed E-state index contributed by atoms with van der Waals surface area (Å²) in [6.07, 6.45) is 2.72. The van der Waals surface area contributed by atoms with Gasteiger partial charge in [-0.25, -0.2) is 0 Å². The smallest absolute Gasteiger partial charge is 0.187 e. The lowest BCUT2D eigenvalue weighted by Crippen LogP contribution is -2.43. The molecule has 1 heterocycles. The normalized spacial score (nSPS) is 24.2. The lowest BCUT2D eigenvalue weighted by atomic mass is 10.0. The fourth-order valence-corrected chi connectivity index (χ4v) is 6.14. The molecule has 0 aromatic carbocycles. The molecule has 90 valence electrons. The van der Waals surface area contributed by atoms with Crippen molar-refractivity contribution in [2.24, 2.45) is 5.92 Å². The summed E-state index contributed by atoms with van der Waals surface area (Å²) in [5, 5.41) is 3.49. The van der Waals surface area contributed by atoms with Crippen LogP contribution in [-0.4, -0.2) is 27.0 Å². The fraction of sp³-hybridized carbons (Fsp3) is 1.00. The molecule has 0 aromatic heterocycles. The number of piperidine rings is 1. The van der Waals surface area contributed by atoms with Crippen LogP contribution in [0.3, 0.4) is 0 Å². The van der Waals surface area contributed by atoms with E-state index in [2.05, 4.69) is 39.2 Å². The van der Waals surface area contributed by atoms with Gasteiger partial charge in [0.1, 0.15) is 0 Å². The Morgan fingerprint density at radius 3 is 2.47 bits per heavy atom. The molecule has 1 aliphatic rings. The third-order valence-corrected chi connectivity index (χ3v) is 5.49. The first kappa shape index (κ1) is 13.2. The zero-order valence-electron chi connectivity index (χ0n) is 11.0. The molecule has 1 N–H and O–H groups in total. The van der Waals surface area contributed by atoms with Gasteiger partial charge in [0, 0.05) is 5.60 Å². The number of rotatable bonds is 3. The quantitative estimate of drug-likeness (QED) is 0.751. The maximum atomic E-state index is 6.24. The minimum atomic E-state index is -1.47. The molecule has 1 saturated heterocycles. The Hall–Kier alpha value is 0.137. The molecular weight excluding hydrogens is 202 g/mol. The van der Waals surface area contributed by atoms with Crippen LogP contribution in [0, 0.1) is 5.92 Å². The predicted octanol–water partition coefficient (Wildman–Crippen LogP) is 3.01. The van der Waals surface area contributed by atoms with E-state index in [0.717, 1.165) is 5.92 Å². The highest BCUT2D eigenvalue weighted by atomic mass is 28.4. The maximum absolute atomic E-state index is 6.24. The van der Waals surface area contributed by atoms with E-state index in [0.29, 0.717) is 0 Å². The van der Waals surface area contributed by atoms with Crippen LogP contribution < -0.4 is 5.32 Å². The molecule has 1 fully saturated rings. The van der Waals surface area contributed by atoms with Gasteiger partial charge in [-0.15, -0.1) is 0 Å². The molecule has 0 saturated carbocycles. The van der Waals surface area contributed by atoms with E-state index in [4.69, 9.17) is 4.43 Å². The SMILES string of the molecule is CC(C)(C)O[Si](C)(C)CC1CCCNC1. The van der Waals surface area contributed by atoms with Crippen molar-refractivity contribution in [3.05, 3.63) is 0 Å². The van der Waals surface area contributed by atoms with E-state index >= 15 is 0 Å². The number of hydrogen-bond acceptors (Lipinski definition) is 2. The molecule has 15 heavy (non-hydrogen) atoms. The summed E-state index contributed by atoms with van der Waals surface area (Å²) in [7, 11) is -1.47. The van der Waals surface area contributed by atoms with Gasteiger partial charge in [-0.2, -0.15) is 0 Å². The zero-order chi connectivity index (χ0) is 11.5. The van der Waals surface area contributed by atoms with Crippen molar-refractivity contribution >= 4 is 8.32 Å². The van der Waals surface area contributed by atoms with Crippen molar-refractivity contribution in [3.63, 3.8) is 0 Å². The molecule has 1 unspecified atom stereocenters. The van der Waals surface area contributed by atoms with Gasteiger partial charge in [0.25, 0.3) is 0 Å². The predicted molar refractivity (Wildman–Crippen MR) is 68.7 cm³/mol. The minimum absolute atomic E-state index is 0.0256. The maximum Gasteiger partial charge on any atom is 0.187 e. The molecule has 2 nitrogen and oxygen atoms in total. The standard InChI is InChI=1S/C12H27NOSi/c1-12(2,3)14-15(4,5)10-11-7-6-8-13-9-11/h11,13H,6-10H2,1-5H3. The van der Waals surface area contributed by atoms with E-state index in [1.165, 1.54) is 32.0 Å². The molecule has 1 aliphatic heterocycles. The third kappa shape index (κ3) is 5.69. The largest absolute Gasteiger partial charge is 0.413 e. The molecule has 1 atom stereocenters. The Balaban J connectivity index is 2.40. The highest BCUT2D eigenvalue weighted by Crippen LogP contribution is 2.27. The number of nitrogens with one attached hydrogen (secondary N) is 1. The van der Waals surface area contributed by atoms with Crippen molar-refractivity contribution in [1.82, 2.24) is 5.32 Å². The Morgan fingerprint density at radius 2 is 2.00 bits per heavy atom. The van der Waals surface area contributed by atoms with Crippen molar-refractivity contribution in [3.8, 4) is 0 Å². The molecule has 1 rings (SSSR count). The van der Waals surface area contributed by atoms with Gasteiger partial charge in [-0.05, 0) is 71.8 Å². The lowest BCUT2D eigenvalue weighted by Gasteiger charge is -2.36. The molecule has 0 aliphatic carbocycles. The van der Waals surface area contributed by atoms with Crippen LogP contribution >= 0.6 is 0 Å². The van der Waals surface area contributed by atoms with Crippen molar-refractivity contribution < 1.29 is 4.43 Å². The van der Waals surface area contributed by atoms with Crippen molar-refractivity contribution in [2.75, 3.05) is 13.1 Å². The van der Waals surface area contributed by atoms with Crippen LogP contribution in [-0.2, 0) is 4.43 Å². The van der Waals surface area contributed by atoms with E-state index in [9.17, 15) is 0 Å². The van der Waals surface area contributed by atoms with Gasteiger partial charge in [-0.1, -0.05) is 0 Å². The fourth-order valence-electron chi connectivity index (χ4n) is 2.66. The van der Waals surface area contributed by atoms with Gasteiger partial charge in [0.15, 0.2) is 8.32 Å². The second kappa shape index (κ2) is 4.98. The summed E-state index contributed by atoms with van der Waals surface area (Å²) >= 11 is 0. The van der Waals surface area contributed by atoms with Crippen molar-refractivity contribution in [1.29, 1.82) is 0 Å². The van der Waals surface area contributed by atoms with Crippen LogP contribution in [0.1, 0.15) is 33.6 Å². The second-order valence-electron chi connectivity index (χ2n) is 6.39. The molecular formula is C12H27NOSi. The van der Waals surface area contributed by atoms with Crippen LogP contribution in [0.15, 0.2) is 0 Å². The van der Waals surface area contributed by atoms with E-state index in [1.807, 2.05) is 0 Å². The first-order valence-corrected chi connectivity index (χ1v) is 9.31. The highest BCUT2D eigenvalue weighted by Gasteiger charge is 2.31. The Labute approximate surface area is 95.9 Å². The van der Waals surface area contributed by atoms with Gasteiger partial charge >= 0.3 is 0 Å². The Morgan fingerprint density at radius 1 is 1.33 bits per heavy atom. The third-order valence-electron chi connectivity index (χ3n) is 2.76. The summed E-state index contributed by atoms with van der Waals surface area (Å²) in [6, 6.07) is 1.30. The van der Waals surface area contributed by atoms with Crippen molar-refractivity contribution in [2.45, 2.75) is 58.4 Å². The summed E-state index contributed by atoms with van der Waals surface area (Å²) in [6.45, 7) is 13.6. The van der Waals surface area contributed by atoms with Crippen LogP contribution in [0.2, 0.25) is 19.1 Å². The van der Waals surface area contributed by atoms with Gasteiger partial charge < -0.3 is 9.74 Å². The first-order chi connectivity index (χ1) is 6.79. The first-order valence-electron chi connectivity index (χ1n) is 6.19. The molecule has 0 radical (unpaired) electrons. The van der Waals surface area contributed by atoms with Crippen LogP contribution in [0.4, 0.5) is 0 Å². The van der Waals surface area contributed by atoms with Gasteiger partial charge in [-0.3, -0.25) is 0 Å². The summed E-state index contributed by atoms with van der Waals surface area (Å²) in [5.74, 6) is 0.850. The van der Waals surface area contributed by atoms with Crippen LogP contribution in [0.5, 0.6) is 0 Å². The highest BCUT2D eigenvalue weighted by molar-refractivity contribution is 6.71. The second-order valence-corrected chi connectivity index (χ2v) is 10.5. The molecule has 0 amide bonds. The summed E-state index contributed by atoms with van der Waals surface area (Å²) in [4.78, 5) is 0. The molecule has 0 bridgehead atoms.